The number of hydrogen-bond donors (Lipinski definition) is 2. The summed E-state index contributed by atoms with van der Waals surface area (Å²) in [7, 11) is 0. The molecule has 18 heavy (non-hydrogen) atoms. The number of aliphatic hydroxyl groups is 1. The van der Waals surface area contributed by atoms with Gasteiger partial charge in [-0.05, 0) is 36.2 Å². The van der Waals surface area contributed by atoms with Gasteiger partial charge in [-0.1, -0.05) is 49.4 Å². The quantitative estimate of drug-likeness (QED) is 0.846. The molecule has 0 heterocycles. The maximum Gasteiger partial charge on any atom is 0.0652 e. The van der Waals surface area contributed by atoms with E-state index in [1.807, 2.05) is 12.1 Å². The number of nitrogens with one attached hydrogen (secondary N) is 1. The van der Waals surface area contributed by atoms with Crippen LogP contribution in [0.4, 0.5) is 0 Å². The molecule has 1 atom stereocenters. The molecule has 0 amide bonds. The van der Waals surface area contributed by atoms with Crippen molar-refractivity contribution in [2.24, 2.45) is 0 Å². The van der Waals surface area contributed by atoms with E-state index in [-0.39, 0.29) is 12.1 Å². The topological polar surface area (TPSA) is 32.3 Å². The van der Waals surface area contributed by atoms with E-state index in [0.29, 0.717) is 0 Å². The number of rotatable bonds is 5. The normalized spacial score (nSPS) is 14.6. The highest BCUT2D eigenvalue weighted by Gasteiger charge is 2.26. The standard InChI is InChI=1S/C16H21NO/c1-3-11-17-16(2,12-18)15-10-6-8-13-7-4-5-9-14(13)15/h4-10,17-18H,3,11-12H2,1-2H3. The SMILES string of the molecule is CCCNC(C)(CO)c1cccc2ccccc12. The molecule has 0 bridgehead atoms. The summed E-state index contributed by atoms with van der Waals surface area (Å²) in [6.45, 7) is 5.19. The van der Waals surface area contributed by atoms with Crippen molar-refractivity contribution in [3.05, 3.63) is 48.0 Å². The van der Waals surface area contributed by atoms with Crippen LogP contribution in [0.15, 0.2) is 42.5 Å². The molecule has 0 spiro atoms. The summed E-state index contributed by atoms with van der Waals surface area (Å²) in [4.78, 5) is 0. The van der Waals surface area contributed by atoms with Gasteiger partial charge in [0.2, 0.25) is 0 Å². The Balaban J connectivity index is 2.51. The monoisotopic (exact) mass is 243 g/mol. The van der Waals surface area contributed by atoms with Crippen molar-refractivity contribution in [2.45, 2.75) is 25.8 Å². The average molecular weight is 243 g/mol. The third-order valence-electron chi connectivity index (χ3n) is 3.47. The van der Waals surface area contributed by atoms with Crippen LogP contribution in [-0.4, -0.2) is 18.3 Å². The van der Waals surface area contributed by atoms with Crippen LogP contribution in [0.1, 0.15) is 25.8 Å². The van der Waals surface area contributed by atoms with Gasteiger partial charge in [0.25, 0.3) is 0 Å². The van der Waals surface area contributed by atoms with E-state index in [9.17, 15) is 5.11 Å². The van der Waals surface area contributed by atoms with Gasteiger partial charge >= 0.3 is 0 Å². The Bertz CT molecular complexity index is 518. The fraction of sp³-hybridized carbons (Fsp3) is 0.375. The minimum Gasteiger partial charge on any atom is -0.394 e. The van der Waals surface area contributed by atoms with Gasteiger partial charge in [0, 0.05) is 0 Å². The second kappa shape index (κ2) is 5.51. The van der Waals surface area contributed by atoms with E-state index >= 15 is 0 Å². The van der Waals surface area contributed by atoms with Crippen LogP contribution < -0.4 is 5.32 Å². The molecule has 0 saturated carbocycles. The molecule has 0 aliphatic heterocycles. The molecule has 2 aromatic rings. The minimum atomic E-state index is -0.378. The van der Waals surface area contributed by atoms with E-state index in [1.54, 1.807) is 0 Å². The Morgan fingerprint density at radius 3 is 2.56 bits per heavy atom. The van der Waals surface area contributed by atoms with Gasteiger partial charge < -0.3 is 10.4 Å². The highest BCUT2D eigenvalue weighted by Crippen LogP contribution is 2.28. The van der Waals surface area contributed by atoms with Crippen LogP contribution in [0.3, 0.4) is 0 Å². The lowest BCUT2D eigenvalue weighted by atomic mass is 9.88. The maximum absolute atomic E-state index is 9.76. The molecule has 0 radical (unpaired) electrons. The van der Waals surface area contributed by atoms with Gasteiger partial charge in [-0.25, -0.2) is 0 Å². The third kappa shape index (κ3) is 2.40. The Morgan fingerprint density at radius 2 is 1.83 bits per heavy atom. The average Bonchev–Trinajstić information content (AvgIpc) is 2.44. The summed E-state index contributed by atoms with van der Waals surface area (Å²) >= 11 is 0. The largest absolute Gasteiger partial charge is 0.394 e. The zero-order valence-electron chi connectivity index (χ0n) is 11.1. The van der Waals surface area contributed by atoms with Gasteiger partial charge in [0.15, 0.2) is 0 Å². The summed E-state index contributed by atoms with van der Waals surface area (Å²) < 4.78 is 0. The number of hydrogen-bond acceptors (Lipinski definition) is 2. The van der Waals surface area contributed by atoms with E-state index in [1.165, 1.54) is 10.8 Å². The summed E-state index contributed by atoms with van der Waals surface area (Å²) in [5.41, 5.74) is 0.785. The van der Waals surface area contributed by atoms with Crippen molar-refractivity contribution in [3.63, 3.8) is 0 Å². The van der Waals surface area contributed by atoms with E-state index in [2.05, 4.69) is 49.5 Å². The van der Waals surface area contributed by atoms with Crippen molar-refractivity contribution >= 4 is 10.8 Å². The molecule has 2 nitrogen and oxygen atoms in total. The molecule has 0 aromatic heterocycles. The van der Waals surface area contributed by atoms with Crippen LogP contribution in [0.2, 0.25) is 0 Å². The molecule has 2 heteroatoms. The summed E-state index contributed by atoms with van der Waals surface area (Å²) in [6, 6.07) is 14.6. The predicted octanol–water partition coefficient (Wildman–Crippen LogP) is 3.05. The fourth-order valence-corrected chi connectivity index (χ4v) is 2.34. The fourth-order valence-electron chi connectivity index (χ4n) is 2.34. The van der Waals surface area contributed by atoms with Gasteiger partial charge in [0.1, 0.15) is 0 Å². The maximum atomic E-state index is 9.76. The molecule has 0 saturated heterocycles. The van der Waals surface area contributed by atoms with Crippen molar-refractivity contribution in [1.29, 1.82) is 0 Å². The van der Waals surface area contributed by atoms with Gasteiger partial charge in [-0.15, -0.1) is 0 Å². The summed E-state index contributed by atoms with van der Waals surface area (Å²) in [5.74, 6) is 0. The Hall–Kier alpha value is -1.38. The van der Waals surface area contributed by atoms with Crippen LogP contribution in [0.5, 0.6) is 0 Å². The van der Waals surface area contributed by atoms with Crippen molar-refractivity contribution < 1.29 is 5.11 Å². The highest BCUT2D eigenvalue weighted by atomic mass is 16.3. The molecule has 0 fully saturated rings. The Labute approximate surface area is 109 Å². The number of aliphatic hydroxyl groups excluding tert-OH is 1. The molecule has 2 N–H and O–H groups in total. The zero-order chi connectivity index (χ0) is 13.0. The lowest BCUT2D eigenvalue weighted by Gasteiger charge is -2.30. The van der Waals surface area contributed by atoms with E-state index < -0.39 is 0 Å². The van der Waals surface area contributed by atoms with Crippen molar-refractivity contribution in [2.75, 3.05) is 13.2 Å². The molecular weight excluding hydrogens is 222 g/mol. The molecule has 2 rings (SSSR count). The van der Waals surface area contributed by atoms with Crippen LogP contribution in [-0.2, 0) is 5.54 Å². The smallest absolute Gasteiger partial charge is 0.0652 e. The lowest BCUT2D eigenvalue weighted by Crippen LogP contribution is -2.43. The van der Waals surface area contributed by atoms with Crippen LogP contribution in [0, 0.1) is 0 Å². The first kappa shape index (κ1) is 13.1. The summed E-state index contributed by atoms with van der Waals surface area (Å²) in [6.07, 6.45) is 1.06. The van der Waals surface area contributed by atoms with Gasteiger partial charge in [-0.3, -0.25) is 0 Å². The second-order valence-electron chi connectivity index (χ2n) is 4.94. The molecule has 0 aliphatic carbocycles. The first-order valence-electron chi connectivity index (χ1n) is 6.55. The Morgan fingerprint density at radius 1 is 1.11 bits per heavy atom. The Kier molecular flexibility index (Phi) is 4.00. The van der Waals surface area contributed by atoms with Crippen LogP contribution >= 0.6 is 0 Å². The van der Waals surface area contributed by atoms with Crippen molar-refractivity contribution in [3.8, 4) is 0 Å². The first-order valence-corrected chi connectivity index (χ1v) is 6.55. The molecule has 96 valence electrons. The zero-order valence-corrected chi connectivity index (χ0v) is 11.1. The third-order valence-corrected chi connectivity index (χ3v) is 3.47. The summed E-state index contributed by atoms with van der Waals surface area (Å²) in [5, 5.41) is 15.6. The highest BCUT2D eigenvalue weighted by molar-refractivity contribution is 5.86. The van der Waals surface area contributed by atoms with E-state index in [0.717, 1.165) is 18.5 Å². The molecule has 2 aromatic carbocycles. The van der Waals surface area contributed by atoms with E-state index in [4.69, 9.17) is 0 Å². The second-order valence-corrected chi connectivity index (χ2v) is 4.94. The van der Waals surface area contributed by atoms with Crippen LogP contribution in [0.25, 0.3) is 10.8 Å². The predicted molar refractivity (Wildman–Crippen MR) is 76.7 cm³/mol. The van der Waals surface area contributed by atoms with Crippen molar-refractivity contribution in [1.82, 2.24) is 5.32 Å². The minimum absolute atomic E-state index is 0.0982. The van der Waals surface area contributed by atoms with Gasteiger partial charge in [0.05, 0.1) is 12.1 Å². The number of fused-ring (bicyclic) bond motifs is 1. The van der Waals surface area contributed by atoms with Gasteiger partial charge in [-0.2, -0.15) is 0 Å². The number of benzene rings is 2. The molecule has 1 unspecified atom stereocenters. The molecule has 0 aliphatic rings. The lowest BCUT2D eigenvalue weighted by molar-refractivity contribution is 0.176. The molecular formula is C16H21NO. The first-order chi connectivity index (χ1) is 8.71.